The molecular formula is C4H4NO-. The number of hydrogen-bond donors (Lipinski definition) is 1. The molecule has 0 fully saturated rings. The van der Waals surface area contributed by atoms with Crippen molar-refractivity contribution < 1.29 is 5.11 Å². The van der Waals surface area contributed by atoms with Crippen molar-refractivity contribution in [1.29, 1.82) is 0 Å². The molecule has 0 aliphatic heterocycles. The molecule has 2 nitrogen and oxygen atoms in total. The van der Waals surface area contributed by atoms with E-state index in [1.807, 2.05) is 0 Å². The predicted molar refractivity (Wildman–Crippen MR) is 20.2 cm³/mol. The van der Waals surface area contributed by atoms with Crippen LogP contribution in [0.15, 0.2) is 18.5 Å². The highest BCUT2D eigenvalue weighted by molar-refractivity contribution is 5.10. The lowest BCUT2D eigenvalue weighted by Gasteiger charge is -1.90. The molecule has 0 atom stereocenters. The monoisotopic (exact) mass is 82.0 g/mol. The van der Waals surface area contributed by atoms with Crippen LogP contribution < -0.4 is 5.11 Å². The number of hydrogen-bond acceptors (Lipinski definition) is 1. The second kappa shape index (κ2) is 1.05. The third-order valence-electron chi connectivity index (χ3n) is 0.569. The summed E-state index contributed by atoms with van der Waals surface area (Å²) in [7, 11) is 0. The molecule has 0 saturated heterocycles. The first kappa shape index (κ1) is 3.28. The molecule has 1 aromatic rings. The largest absolute Gasteiger partial charge is 0.871 e. The number of H-pyrrole nitrogens is 1. The molecule has 0 unspecified atom stereocenters. The molecule has 1 N–H and O–H groups in total. The van der Waals surface area contributed by atoms with Crippen molar-refractivity contribution in [3.05, 3.63) is 18.5 Å². The van der Waals surface area contributed by atoms with Crippen molar-refractivity contribution in [1.82, 2.24) is 4.98 Å². The van der Waals surface area contributed by atoms with E-state index in [9.17, 15) is 5.11 Å². The summed E-state index contributed by atoms with van der Waals surface area (Å²) in [6, 6.07) is 1.47. The number of aromatic amines is 1. The Morgan fingerprint density at radius 3 is 2.67 bits per heavy atom. The molecular weight excluding hydrogens is 78.0 g/mol. The van der Waals surface area contributed by atoms with E-state index in [0.29, 0.717) is 0 Å². The van der Waals surface area contributed by atoms with Gasteiger partial charge in [-0.3, -0.25) is 0 Å². The van der Waals surface area contributed by atoms with E-state index in [1.165, 1.54) is 12.3 Å². The maximum absolute atomic E-state index is 10.0. The van der Waals surface area contributed by atoms with Crippen LogP contribution >= 0.6 is 0 Å². The fourth-order valence-corrected chi connectivity index (χ4v) is 0.309. The molecule has 1 rings (SSSR count). The fraction of sp³-hybridized carbons (Fsp3) is 0. The predicted octanol–water partition coefficient (Wildman–Crippen LogP) is 0.0883. The summed E-state index contributed by atoms with van der Waals surface area (Å²) < 4.78 is 0. The van der Waals surface area contributed by atoms with Gasteiger partial charge in [0.15, 0.2) is 0 Å². The number of aromatic nitrogens is 1. The molecule has 0 saturated carbocycles. The van der Waals surface area contributed by atoms with Gasteiger partial charge in [0.05, 0.1) is 0 Å². The Morgan fingerprint density at radius 1 is 1.67 bits per heavy atom. The van der Waals surface area contributed by atoms with Gasteiger partial charge in [-0.2, -0.15) is 0 Å². The molecule has 1 heterocycles. The molecule has 32 valence electrons. The summed E-state index contributed by atoms with van der Waals surface area (Å²) in [5, 5.41) is 10.0. The van der Waals surface area contributed by atoms with Crippen molar-refractivity contribution in [3.63, 3.8) is 0 Å². The first-order valence-electron chi connectivity index (χ1n) is 1.69. The molecule has 0 aliphatic carbocycles. The molecule has 6 heavy (non-hydrogen) atoms. The SMILES string of the molecule is [O-]c1cc[nH]c1. The first-order chi connectivity index (χ1) is 2.89. The minimum absolute atomic E-state index is 0.0370. The van der Waals surface area contributed by atoms with Crippen molar-refractivity contribution >= 4 is 0 Å². The first-order valence-corrected chi connectivity index (χ1v) is 1.69. The van der Waals surface area contributed by atoms with Gasteiger partial charge < -0.3 is 10.1 Å². The van der Waals surface area contributed by atoms with Gasteiger partial charge in [-0.15, -0.1) is 0 Å². The van der Waals surface area contributed by atoms with Crippen LogP contribution in [0.3, 0.4) is 0 Å². The summed E-state index contributed by atoms with van der Waals surface area (Å²) in [4.78, 5) is 2.62. The third kappa shape index (κ3) is 0.360. The molecule has 0 aliphatic rings. The summed E-state index contributed by atoms with van der Waals surface area (Å²) in [5.74, 6) is 0.0370. The lowest BCUT2D eigenvalue weighted by atomic mass is 10.6. The molecule has 1 aromatic heterocycles. The topological polar surface area (TPSA) is 38.8 Å². The van der Waals surface area contributed by atoms with Gasteiger partial charge >= 0.3 is 0 Å². The fourth-order valence-electron chi connectivity index (χ4n) is 0.309. The minimum atomic E-state index is 0.0370. The van der Waals surface area contributed by atoms with Crippen molar-refractivity contribution in [3.8, 4) is 5.75 Å². The van der Waals surface area contributed by atoms with Crippen molar-refractivity contribution in [2.45, 2.75) is 0 Å². The van der Waals surface area contributed by atoms with E-state index in [4.69, 9.17) is 0 Å². The second-order valence-electron chi connectivity index (χ2n) is 1.05. The van der Waals surface area contributed by atoms with Crippen molar-refractivity contribution in [2.75, 3.05) is 0 Å². The average Bonchev–Trinajstić information content (AvgIpc) is 1.86. The third-order valence-corrected chi connectivity index (χ3v) is 0.569. The van der Waals surface area contributed by atoms with E-state index >= 15 is 0 Å². The quantitative estimate of drug-likeness (QED) is 0.473. The van der Waals surface area contributed by atoms with Crippen LogP contribution in [0.1, 0.15) is 0 Å². The Balaban J connectivity index is 3.05. The Bertz CT molecular complexity index is 111. The zero-order valence-electron chi connectivity index (χ0n) is 3.14. The Kier molecular flexibility index (Phi) is 0.572. The summed E-state index contributed by atoms with van der Waals surface area (Å²) in [6.45, 7) is 0. The van der Waals surface area contributed by atoms with Crippen LogP contribution in [-0.4, -0.2) is 4.98 Å². The minimum Gasteiger partial charge on any atom is -0.871 e. The number of nitrogens with one attached hydrogen (secondary N) is 1. The van der Waals surface area contributed by atoms with Gasteiger partial charge in [0.25, 0.3) is 0 Å². The summed E-state index contributed by atoms with van der Waals surface area (Å²) >= 11 is 0. The maximum atomic E-state index is 10.0. The highest BCUT2D eigenvalue weighted by Gasteiger charge is 1.64. The number of rotatable bonds is 0. The van der Waals surface area contributed by atoms with E-state index in [2.05, 4.69) is 4.98 Å². The van der Waals surface area contributed by atoms with E-state index in [0.717, 1.165) is 0 Å². The zero-order valence-corrected chi connectivity index (χ0v) is 3.14. The summed E-state index contributed by atoms with van der Waals surface area (Å²) in [6.07, 6.45) is 3.00. The van der Waals surface area contributed by atoms with Gasteiger partial charge in [0, 0.05) is 0 Å². The van der Waals surface area contributed by atoms with Crippen LogP contribution in [0, 0.1) is 0 Å². The van der Waals surface area contributed by atoms with Gasteiger partial charge in [-0.25, -0.2) is 0 Å². The average molecular weight is 82.1 g/mol. The molecule has 2 heteroatoms. The Hall–Kier alpha value is -0.920. The maximum Gasteiger partial charge on any atom is -0.000138 e. The standard InChI is InChI=1S/C4H5NO/c6-4-1-2-5-3-4/h1-3,5-6H/p-1. The normalized spacial score (nSPS) is 8.67. The molecule has 0 aromatic carbocycles. The lowest BCUT2D eigenvalue weighted by molar-refractivity contribution is -0.268. The van der Waals surface area contributed by atoms with Gasteiger partial charge in [-0.05, 0) is 12.4 Å². The van der Waals surface area contributed by atoms with E-state index < -0.39 is 0 Å². The summed E-state index contributed by atoms with van der Waals surface area (Å²) in [5.41, 5.74) is 0. The van der Waals surface area contributed by atoms with Crippen LogP contribution in [0.2, 0.25) is 0 Å². The van der Waals surface area contributed by atoms with Crippen molar-refractivity contribution in [2.24, 2.45) is 0 Å². The van der Waals surface area contributed by atoms with Gasteiger partial charge in [0.1, 0.15) is 0 Å². The van der Waals surface area contributed by atoms with Crippen LogP contribution in [0.25, 0.3) is 0 Å². The zero-order chi connectivity index (χ0) is 4.41. The Morgan fingerprint density at radius 2 is 2.50 bits per heavy atom. The van der Waals surface area contributed by atoms with Gasteiger partial charge in [0.2, 0.25) is 0 Å². The van der Waals surface area contributed by atoms with Crippen LogP contribution in [0.4, 0.5) is 0 Å². The molecule has 0 spiro atoms. The lowest BCUT2D eigenvalue weighted by Crippen LogP contribution is -1.82. The van der Waals surface area contributed by atoms with Crippen LogP contribution in [-0.2, 0) is 0 Å². The van der Waals surface area contributed by atoms with E-state index in [1.54, 1.807) is 6.20 Å². The Labute approximate surface area is 35.4 Å². The smallest absolute Gasteiger partial charge is 0.000138 e. The van der Waals surface area contributed by atoms with Gasteiger partial charge in [-0.1, -0.05) is 11.8 Å². The second-order valence-corrected chi connectivity index (χ2v) is 1.05. The molecule has 0 radical (unpaired) electrons. The highest BCUT2D eigenvalue weighted by Crippen LogP contribution is 1.95. The van der Waals surface area contributed by atoms with E-state index in [-0.39, 0.29) is 5.75 Å². The molecule has 0 bridgehead atoms. The van der Waals surface area contributed by atoms with Crippen LogP contribution in [0.5, 0.6) is 5.75 Å². The highest BCUT2D eigenvalue weighted by atomic mass is 16.3. The molecule has 0 amide bonds.